The summed E-state index contributed by atoms with van der Waals surface area (Å²) in [6, 6.07) is 19.9. The van der Waals surface area contributed by atoms with Crippen molar-refractivity contribution >= 4 is 21.9 Å². The van der Waals surface area contributed by atoms with Crippen LogP contribution in [0.1, 0.15) is 0 Å². The van der Waals surface area contributed by atoms with E-state index < -0.39 is 0 Å². The number of rotatable bonds is 3. The number of aromatic nitrogens is 5. The molecule has 0 amide bonds. The predicted molar refractivity (Wildman–Crippen MR) is 121 cm³/mol. The Morgan fingerprint density at radius 3 is 2.56 bits per heavy atom. The molecule has 7 heteroatoms. The van der Waals surface area contributed by atoms with Crippen molar-refractivity contribution in [3.8, 4) is 39.5 Å². The average Bonchev–Trinajstić information content (AvgIpc) is 3.43. The van der Waals surface area contributed by atoms with Gasteiger partial charge in [-0.1, -0.05) is 24.3 Å². The summed E-state index contributed by atoms with van der Waals surface area (Å²) in [5, 5.41) is 18.3. The standard InChI is InChI=1S/C25H16FN5O/c26-16-6-4-14(5-7-16)18-2-1-3-21-19(18)11-23(28-21)25-24-22(30-31-25)9-8-20(29-24)15-10-17(32)13-27-12-15/h1-13,28,32H,(H,30,31). The molecular formula is C25H16FN5O. The fraction of sp³-hybridized carbons (Fsp3) is 0. The number of nitrogens with zero attached hydrogens (tertiary/aromatic N) is 3. The molecule has 6 aromatic rings. The number of hydrogen-bond donors (Lipinski definition) is 3. The van der Waals surface area contributed by atoms with E-state index in [2.05, 4.69) is 20.2 Å². The summed E-state index contributed by atoms with van der Waals surface area (Å²) in [5.74, 6) is -0.178. The zero-order valence-electron chi connectivity index (χ0n) is 16.7. The van der Waals surface area contributed by atoms with Crippen LogP contribution in [0.15, 0.2) is 79.1 Å². The Morgan fingerprint density at radius 1 is 0.844 bits per heavy atom. The van der Waals surface area contributed by atoms with Crippen LogP contribution < -0.4 is 0 Å². The number of pyridine rings is 2. The van der Waals surface area contributed by atoms with Gasteiger partial charge < -0.3 is 10.1 Å². The molecule has 6 nitrogen and oxygen atoms in total. The molecule has 0 aliphatic heterocycles. The summed E-state index contributed by atoms with van der Waals surface area (Å²) >= 11 is 0. The predicted octanol–water partition coefficient (Wildman–Crippen LogP) is 5.68. The van der Waals surface area contributed by atoms with E-state index in [4.69, 9.17) is 4.98 Å². The van der Waals surface area contributed by atoms with Crippen LogP contribution in [0.5, 0.6) is 5.75 Å². The van der Waals surface area contributed by atoms with Gasteiger partial charge in [0, 0.05) is 22.7 Å². The Balaban J connectivity index is 1.50. The van der Waals surface area contributed by atoms with Crippen molar-refractivity contribution in [1.82, 2.24) is 25.1 Å². The summed E-state index contributed by atoms with van der Waals surface area (Å²) in [7, 11) is 0. The molecule has 0 radical (unpaired) electrons. The topological polar surface area (TPSA) is 90.5 Å². The Labute approximate surface area is 181 Å². The first kappa shape index (κ1) is 18.3. The number of hydrogen-bond acceptors (Lipinski definition) is 4. The van der Waals surface area contributed by atoms with Crippen molar-refractivity contribution in [2.45, 2.75) is 0 Å². The highest BCUT2D eigenvalue weighted by Crippen LogP contribution is 2.34. The van der Waals surface area contributed by atoms with Crippen LogP contribution in [0.25, 0.3) is 55.7 Å². The molecule has 0 atom stereocenters. The minimum absolute atomic E-state index is 0.0840. The van der Waals surface area contributed by atoms with Crippen LogP contribution in [0, 0.1) is 5.82 Å². The quantitative estimate of drug-likeness (QED) is 0.343. The lowest BCUT2D eigenvalue weighted by Gasteiger charge is -2.03. The van der Waals surface area contributed by atoms with Gasteiger partial charge in [-0.3, -0.25) is 10.1 Å². The van der Waals surface area contributed by atoms with Crippen LogP contribution >= 0.6 is 0 Å². The number of nitrogens with one attached hydrogen (secondary N) is 2. The molecule has 0 saturated carbocycles. The minimum atomic E-state index is -0.262. The summed E-state index contributed by atoms with van der Waals surface area (Å²) < 4.78 is 13.4. The summed E-state index contributed by atoms with van der Waals surface area (Å²) in [6.45, 7) is 0. The van der Waals surface area contributed by atoms with Crippen molar-refractivity contribution < 1.29 is 9.50 Å². The van der Waals surface area contributed by atoms with Crippen LogP contribution in [-0.4, -0.2) is 30.3 Å². The maximum absolute atomic E-state index is 13.4. The molecule has 0 fully saturated rings. The van der Waals surface area contributed by atoms with Crippen LogP contribution in [0.3, 0.4) is 0 Å². The second kappa shape index (κ2) is 7.02. The van der Waals surface area contributed by atoms with Crippen LogP contribution in [0.4, 0.5) is 4.39 Å². The number of aromatic amines is 2. The Hall–Kier alpha value is -4.52. The van der Waals surface area contributed by atoms with Crippen LogP contribution in [-0.2, 0) is 0 Å². The molecule has 6 rings (SSSR count). The average molecular weight is 421 g/mol. The summed E-state index contributed by atoms with van der Waals surface area (Å²) in [5.41, 5.74) is 7.31. The number of aromatic hydroxyl groups is 1. The van der Waals surface area contributed by atoms with E-state index in [1.54, 1.807) is 24.4 Å². The molecule has 154 valence electrons. The second-order valence-electron chi connectivity index (χ2n) is 7.55. The molecule has 4 heterocycles. The first-order valence-electron chi connectivity index (χ1n) is 10.0. The molecule has 4 aromatic heterocycles. The number of H-pyrrole nitrogens is 2. The normalized spacial score (nSPS) is 11.4. The number of halogens is 1. The molecule has 0 saturated heterocycles. The first-order valence-corrected chi connectivity index (χ1v) is 10.0. The van der Waals surface area contributed by atoms with Gasteiger partial charge in [0.15, 0.2) is 0 Å². The number of benzene rings is 2. The highest BCUT2D eigenvalue weighted by molar-refractivity contribution is 6.00. The lowest BCUT2D eigenvalue weighted by molar-refractivity contribution is 0.473. The van der Waals surface area contributed by atoms with Crippen molar-refractivity contribution in [1.29, 1.82) is 0 Å². The van der Waals surface area contributed by atoms with Crippen molar-refractivity contribution in [3.05, 3.63) is 84.9 Å². The molecule has 0 aliphatic carbocycles. The third-order valence-electron chi connectivity index (χ3n) is 5.50. The molecule has 0 spiro atoms. The maximum Gasteiger partial charge on any atom is 0.135 e. The smallest absolute Gasteiger partial charge is 0.135 e. The summed E-state index contributed by atoms with van der Waals surface area (Å²) in [6.07, 6.45) is 3.04. The minimum Gasteiger partial charge on any atom is -0.506 e. The maximum atomic E-state index is 13.4. The van der Waals surface area contributed by atoms with Crippen LogP contribution in [0.2, 0.25) is 0 Å². The lowest BCUT2D eigenvalue weighted by Crippen LogP contribution is -1.86. The molecule has 2 aromatic carbocycles. The highest BCUT2D eigenvalue weighted by atomic mass is 19.1. The molecule has 0 bridgehead atoms. The van der Waals surface area contributed by atoms with E-state index in [-0.39, 0.29) is 11.6 Å². The third kappa shape index (κ3) is 2.99. The van der Waals surface area contributed by atoms with E-state index in [0.29, 0.717) is 22.5 Å². The van der Waals surface area contributed by atoms with E-state index >= 15 is 0 Å². The third-order valence-corrected chi connectivity index (χ3v) is 5.50. The highest BCUT2D eigenvalue weighted by Gasteiger charge is 2.15. The zero-order valence-corrected chi connectivity index (χ0v) is 16.7. The van der Waals surface area contributed by atoms with E-state index in [1.165, 1.54) is 18.3 Å². The molecule has 3 N–H and O–H groups in total. The SMILES string of the molecule is Oc1cncc(-c2ccc3[nH]nc(-c4cc5c(-c6ccc(F)cc6)cccc5[nH]4)c3n2)c1. The van der Waals surface area contributed by atoms with Gasteiger partial charge in [0.05, 0.1) is 23.1 Å². The first-order chi connectivity index (χ1) is 15.7. The summed E-state index contributed by atoms with van der Waals surface area (Å²) in [4.78, 5) is 12.2. The lowest BCUT2D eigenvalue weighted by atomic mass is 10.0. The van der Waals surface area contributed by atoms with Crippen molar-refractivity contribution in [2.75, 3.05) is 0 Å². The molecule has 0 aliphatic rings. The number of fused-ring (bicyclic) bond motifs is 2. The van der Waals surface area contributed by atoms with Crippen molar-refractivity contribution in [3.63, 3.8) is 0 Å². The largest absolute Gasteiger partial charge is 0.506 e. The Kier molecular flexibility index (Phi) is 4.01. The van der Waals surface area contributed by atoms with Crippen molar-refractivity contribution in [2.24, 2.45) is 0 Å². The van der Waals surface area contributed by atoms with Gasteiger partial charge in [0.1, 0.15) is 22.8 Å². The Bertz CT molecular complexity index is 1600. The zero-order chi connectivity index (χ0) is 21.7. The van der Waals surface area contributed by atoms with E-state index in [1.807, 2.05) is 36.4 Å². The van der Waals surface area contributed by atoms with Gasteiger partial charge in [0.25, 0.3) is 0 Å². The van der Waals surface area contributed by atoms with Gasteiger partial charge in [-0.05, 0) is 53.6 Å². The second-order valence-corrected chi connectivity index (χ2v) is 7.55. The van der Waals surface area contributed by atoms with Gasteiger partial charge in [-0.15, -0.1) is 0 Å². The molecule has 32 heavy (non-hydrogen) atoms. The van der Waals surface area contributed by atoms with E-state index in [9.17, 15) is 9.50 Å². The van der Waals surface area contributed by atoms with Gasteiger partial charge >= 0.3 is 0 Å². The fourth-order valence-corrected chi connectivity index (χ4v) is 3.98. The van der Waals surface area contributed by atoms with Gasteiger partial charge in [-0.2, -0.15) is 5.10 Å². The van der Waals surface area contributed by atoms with Gasteiger partial charge in [-0.25, -0.2) is 9.37 Å². The monoisotopic (exact) mass is 421 g/mol. The fourth-order valence-electron chi connectivity index (χ4n) is 3.98. The van der Waals surface area contributed by atoms with E-state index in [0.717, 1.165) is 33.2 Å². The molecular weight excluding hydrogens is 405 g/mol. The molecule has 0 unspecified atom stereocenters. The Morgan fingerprint density at radius 2 is 1.72 bits per heavy atom. The van der Waals surface area contributed by atoms with Gasteiger partial charge in [0.2, 0.25) is 0 Å².